The van der Waals surface area contributed by atoms with E-state index in [1.807, 2.05) is 44.2 Å². The van der Waals surface area contributed by atoms with Crippen LogP contribution in [0.1, 0.15) is 11.1 Å². The van der Waals surface area contributed by atoms with Crippen LogP contribution in [0.4, 0.5) is 0 Å². The minimum absolute atomic E-state index is 0.0323. The number of aryl methyl sites for hydroxylation is 2. The molecule has 0 N–H and O–H groups in total. The van der Waals surface area contributed by atoms with Crippen LogP contribution in [0.25, 0.3) is 10.9 Å². The third-order valence-electron chi connectivity index (χ3n) is 3.66. The summed E-state index contributed by atoms with van der Waals surface area (Å²) in [5.41, 5.74) is 2.94. The summed E-state index contributed by atoms with van der Waals surface area (Å²) in [6.07, 6.45) is 1.58. The quantitative estimate of drug-likeness (QED) is 0.742. The van der Waals surface area contributed by atoms with Crippen LogP contribution in [-0.4, -0.2) is 16.2 Å². The lowest BCUT2D eigenvalue weighted by atomic mass is 10.1. The van der Waals surface area contributed by atoms with Crippen LogP contribution in [0.2, 0.25) is 0 Å². The molecule has 1 aromatic heterocycles. The van der Waals surface area contributed by atoms with Crippen LogP contribution in [0, 0.1) is 13.8 Å². The van der Waals surface area contributed by atoms with Crippen molar-refractivity contribution in [1.82, 2.24) is 9.55 Å². The largest absolute Gasteiger partial charge is 0.491 e. The minimum atomic E-state index is -0.0323. The molecule has 1 heterocycles. The molecule has 22 heavy (non-hydrogen) atoms. The first-order valence-electron chi connectivity index (χ1n) is 7.29. The van der Waals surface area contributed by atoms with E-state index in [1.165, 1.54) is 0 Å². The number of aromatic nitrogens is 2. The van der Waals surface area contributed by atoms with Crippen molar-refractivity contribution in [2.24, 2.45) is 0 Å². The molecule has 4 nitrogen and oxygen atoms in total. The van der Waals surface area contributed by atoms with Gasteiger partial charge in [0.25, 0.3) is 5.56 Å². The Bertz CT molecular complexity index is 868. The van der Waals surface area contributed by atoms with Crippen molar-refractivity contribution in [3.8, 4) is 5.75 Å². The van der Waals surface area contributed by atoms with Gasteiger partial charge in [-0.15, -0.1) is 0 Å². The molecule has 3 rings (SSSR count). The van der Waals surface area contributed by atoms with E-state index in [9.17, 15) is 4.79 Å². The normalized spacial score (nSPS) is 10.8. The fourth-order valence-corrected chi connectivity index (χ4v) is 2.38. The van der Waals surface area contributed by atoms with Crippen molar-refractivity contribution in [3.05, 3.63) is 70.3 Å². The van der Waals surface area contributed by atoms with E-state index in [1.54, 1.807) is 17.0 Å². The van der Waals surface area contributed by atoms with Gasteiger partial charge in [0.1, 0.15) is 12.4 Å². The lowest BCUT2D eigenvalue weighted by molar-refractivity contribution is 0.294. The Balaban J connectivity index is 1.76. The van der Waals surface area contributed by atoms with E-state index in [-0.39, 0.29) is 5.56 Å². The van der Waals surface area contributed by atoms with Crippen molar-refractivity contribution in [1.29, 1.82) is 0 Å². The molecule has 0 saturated carbocycles. The third-order valence-corrected chi connectivity index (χ3v) is 3.66. The van der Waals surface area contributed by atoms with E-state index in [2.05, 4.69) is 11.1 Å². The van der Waals surface area contributed by atoms with Crippen molar-refractivity contribution in [2.45, 2.75) is 20.4 Å². The molecule has 0 radical (unpaired) electrons. The molecular weight excluding hydrogens is 276 g/mol. The minimum Gasteiger partial charge on any atom is -0.491 e. The summed E-state index contributed by atoms with van der Waals surface area (Å²) in [5, 5.41) is 0.636. The van der Waals surface area contributed by atoms with Crippen molar-refractivity contribution < 1.29 is 4.74 Å². The van der Waals surface area contributed by atoms with Gasteiger partial charge >= 0.3 is 0 Å². The Kier molecular flexibility index (Phi) is 3.92. The molecule has 0 bridgehead atoms. The van der Waals surface area contributed by atoms with E-state index in [0.717, 1.165) is 22.4 Å². The molecule has 2 aromatic carbocycles. The van der Waals surface area contributed by atoms with Gasteiger partial charge in [0.05, 0.1) is 23.8 Å². The van der Waals surface area contributed by atoms with Crippen LogP contribution in [-0.2, 0) is 6.54 Å². The predicted molar refractivity (Wildman–Crippen MR) is 87.4 cm³/mol. The molecule has 0 spiro atoms. The smallest absolute Gasteiger partial charge is 0.261 e. The molecule has 3 aromatic rings. The van der Waals surface area contributed by atoms with Gasteiger partial charge in [-0.25, -0.2) is 4.98 Å². The maximum atomic E-state index is 12.4. The summed E-state index contributed by atoms with van der Waals surface area (Å²) in [4.78, 5) is 16.7. The summed E-state index contributed by atoms with van der Waals surface area (Å²) < 4.78 is 7.39. The average Bonchev–Trinajstić information content (AvgIpc) is 2.53. The summed E-state index contributed by atoms with van der Waals surface area (Å²) >= 11 is 0. The monoisotopic (exact) mass is 294 g/mol. The number of benzene rings is 2. The lowest BCUT2D eigenvalue weighted by Crippen LogP contribution is -2.23. The highest BCUT2D eigenvalue weighted by Crippen LogP contribution is 2.18. The Morgan fingerprint density at radius 2 is 1.95 bits per heavy atom. The van der Waals surface area contributed by atoms with Gasteiger partial charge in [-0.1, -0.05) is 24.3 Å². The molecule has 0 aliphatic heterocycles. The van der Waals surface area contributed by atoms with Gasteiger partial charge in [0, 0.05) is 0 Å². The lowest BCUT2D eigenvalue weighted by Gasteiger charge is -2.11. The summed E-state index contributed by atoms with van der Waals surface area (Å²) in [5.74, 6) is 0.863. The van der Waals surface area contributed by atoms with Gasteiger partial charge < -0.3 is 4.74 Å². The Morgan fingerprint density at radius 1 is 1.14 bits per heavy atom. The number of nitrogens with zero attached hydrogens (tertiary/aromatic N) is 2. The predicted octanol–water partition coefficient (Wildman–Crippen LogP) is 3.09. The molecular formula is C18H18N2O2. The molecule has 4 heteroatoms. The fourth-order valence-electron chi connectivity index (χ4n) is 2.38. The number of fused-ring (bicyclic) bond motifs is 1. The molecule has 0 amide bonds. The zero-order valence-corrected chi connectivity index (χ0v) is 12.7. The van der Waals surface area contributed by atoms with E-state index >= 15 is 0 Å². The molecule has 0 aliphatic carbocycles. The first kappa shape index (κ1) is 14.3. The number of hydrogen-bond acceptors (Lipinski definition) is 3. The fraction of sp³-hybridized carbons (Fsp3) is 0.222. The van der Waals surface area contributed by atoms with Crippen molar-refractivity contribution in [3.63, 3.8) is 0 Å². The highest BCUT2D eigenvalue weighted by atomic mass is 16.5. The number of hydrogen-bond donors (Lipinski definition) is 0. The molecule has 112 valence electrons. The molecule has 0 aliphatic rings. The third kappa shape index (κ3) is 2.86. The van der Waals surface area contributed by atoms with Crippen LogP contribution in [0.3, 0.4) is 0 Å². The summed E-state index contributed by atoms with van der Waals surface area (Å²) in [6.45, 7) is 4.96. The Hall–Kier alpha value is -2.62. The molecule has 0 saturated heterocycles. The number of para-hydroxylation sites is 1. The van der Waals surface area contributed by atoms with Crippen LogP contribution >= 0.6 is 0 Å². The first-order valence-corrected chi connectivity index (χ1v) is 7.29. The highest BCUT2D eigenvalue weighted by molar-refractivity contribution is 5.76. The number of rotatable bonds is 4. The van der Waals surface area contributed by atoms with E-state index in [0.29, 0.717) is 18.5 Å². The topological polar surface area (TPSA) is 44.1 Å². The second-order valence-corrected chi connectivity index (χ2v) is 5.38. The zero-order valence-electron chi connectivity index (χ0n) is 12.7. The second-order valence-electron chi connectivity index (χ2n) is 5.38. The first-order chi connectivity index (χ1) is 10.6. The van der Waals surface area contributed by atoms with Crippen LogP contribution < -0.4 is 10.3 Å². The standard InChI is InChI=1S/C18H18N2O2/c1-13-7-8-14(2)17(11-13)22-10-9-20-12-19-16-6-4-3-5-15(16)18(20)21/h3-8,11-12H,9-10H2,1-2H3. The maximum absolute atomic E-state index is 12.4. The van der Waals surface area contributed by atoms with Crippen LogP contribution in [0.5, 0.6) is 5.75 Å². The molecule has 0 fully saturated rings. The molecule has 0 unspecified atom stereocenters. The van der Waals surface area contributed by atoms with E-state index in [4.69, 9.17) is 4.74 Å². The van der Waals surface area contributed by atoms with Crippen LogP contribution in [0.15, 0.2) is 53.6 Å². The van der Waals surface area contributed by atoms with Crippen molar-refractivity contribution in [2.75, 3.05) is 6.61 Å². The summed E-state index contributed by atoms with van der Waals surface area (Å²) in [7, 11) is 0. The number of ether oxygens (including phenoxy) is 1. The van der Waals surface area contributed by atoms with Gasteiger partial charge in [-0.3, -0.25) is 9.36 Å². The van der Waals surface area contributed by atoms with Crippen molar-refractivity contribution >= 4 is 10.9 Å². The molecule has 0 atom stereocenters. The Morgan fingerprint density at radius 3 is 2.82 bits per heavy atom. The average molecular weight is 294 g/mol. The van der Waals surface area contributed by atoms with Gasteiger partial charge in [0.2, 0.25) is 0 Å². The highest BCUT2D eigenvalue weighted by Gasteiger charge is 2.04. The summed E-state index contributed by atoms with van der Waals surface area (Å²) in [6, 6.07) is 13.5. The van der Waals surface area contributed by atoms with Gasteiger partial charge in [-0.05, 0) is 43.2 Å². The Labute approximate surface area is 129 Å². The zero-order chi connectivity index (χ0) is 15.5. The second kappa shape index (κ2) is 6.02. The van der Waals surface area contributed by atoms with Gasteiger partial charge in [-0.2, -0.15) is 0 Å². The maximum Gasteiger partial charge on any atom is 0.261 e. The van der Waals surface area contributed by atoms with Gasteiger partial charge in [0.15, 0.2) is 0 Å². The SMILES string of the molecule is Cc1ccc(C)c(OCCn2cnc3ccccc3c2=O)c1. The van der Waals surface area contributed by atoms with E-state index < -0.39 is 0 Å².